The van der Waals surface area contributed by atoms with E-state index in [0.29, 0.717) is 13.1 Å². The molecule has 6 nitrogen and oxygen atoms in total. The summed E-state index contributed by atoms with van der Waals surface area (Å²) in [4.78, 5) is 30.9. The van der Waals surface area contributed by atoms with Crippen LogP contribution in [0.25, 0.3) is 0 Å². The Hall–Kier alpha value is -0.680. The summed E-state index contributed by atoms with van der Waals surface area (Å²) in [5.74, 6) is -1.49. The summed E-state index contributed by atoms with van der Waals surface area (Å²) in [6.45, 7) is 9.44. The zero-order chi connectivity index (χ0) is 13.6. The lowest BCUT2D eigenvalue weighted by Crippen LogP contribution is -2.33. The van der Waals surface area contributed by atoms with Crippen LogP contribution in [0.3, 0.4) is 0 Å². The van der Waals surface area contributed by atoms with Gasteiger partial charge in [0, 0.05) is 18.7 Å². The van der Waals surface area contributed by atoms with Crippen LogP contribution >= 0.6 is 7.60 Å². The predicted molar refractivity (Wildman–Crippen MR) is 64.5 cm³/mol. The lowest BCUT2D eigenvalue weighted by molar-refractivity contribution is -0.127. The van der Waals surface area contributed by atoms with Crippen LogP contribution in [0.2, 0.25) is 0 Å². The number of likely N-dealkylation sites (N-methyl/N-ethyl adjacent to an activating group) is 1. The Morgan fingerprint density at radius 3 is 2.24 bits per heavy atom. The fourth-order valence-electron chi connectivity index (χ4n) is 1.11. The molecule has 0 aromatic carbocycles. The van der Waals surface area contributed by atoms with Crippen molar-refractivity contribution in [3.63, 3.8) is 0 Å². The van der Waals surface area contributed by atoms with Crippen LogP contribution in [0.1, 0.15) is 20.8 Å². The number of hydrogen-bond acceptors (Lipinski definition) is 3. The van der Waals surface area contributed by atoms with Gasteiger partial charge in [-0.1, -0.05) is 6.58 Å². The van der Waals surface area contributed by atoms with Crippen molar-refractivity contribution in [3.05, 3.63) is 12.2 Å². The lowest BCUT2D eigenvalue weighted by atomic mass is 10.2. The van der Waals surface area contributed by atoms with Crippen molar-refractivity contribution in [1.82, 2.24) is 4.90 Å². The van der Waals surface area contributed by atoms with E-state index in [4.69, 9.17) is 14.5 Å². The van der Waals surface area contributed by atoms with Crippen molar-refractivity contribution < 1.29 is 23.9 Å². The maximum Gasteiger partial charge on any atom is 0.353 e. The first-order valence-electron chi connectivity index (χ1n) is 5.37. The van der Waals surface area contributed by atoms with E-state index in [0.717, 1.165) is 0 Å². The van der Waals surface area contributed by atoms with E-state index in [9.17, 15) is 9.36 Å². The highest BCUT2D eigenvalue weighted by molar-refractivity contribution is 7.52. The van der Waals surface area contributed by atoms with Gasteiger partial charge in [-0.05, 0) is 20.8 Å². The first kappa shape index (κ1) is 16.3. The number of ether oxygens (including phenoxy) is 1. The number of rotatable bonds is 7. The molecule has 7 heteroatoms. The van der Waals surface area contributed by atoms with Crippen molar-refractivity contribution in [2.45, 2.75) is 26.6 Å². The minimum Gasteiger partial charge on any atom is -0.361 e. The topological polar surface area (TPSA) is 87.1 Å². The molecule has 0 aliphatic heterocycles. The standard InChI is InChI=1S/C10H20NO5P/c1-5-11(6-2)10(12)8(3)7-16-9(4)17(13,14)15/h9H,3,5-7H2,1-2,4H3,(H2,13,14,15). The first-order valence-corrected chi connectivity index (χ1v) is 7.06. The minimum absolute atomic E-state index is 0.179. The molecule has 2 N–H and O–H groups in total. The van der Waals surface area contributed by atoms with Gasteiger partial charge < -0.3 is 19.4 Å². The summed E-state index contributed by atoms with van der Waals surface area (Å²) in [5, 5.41) is 0. The molecule has 1 unspecified atom stereocenters. The molecule has 0 heterocycles. The summed E-state index contributed by atoms with van der Waals surface area (Å²) < 4.78 is 15.7. The van der Waals surface area contributed by atoms with Crippen molar-refractivity contribution in [3.8, 4) is 0 Å². The predicted octanol–water partition coefficient (Wildman–Crippen LogP) is 0.951. The number of amides is 1. The van der Waals surface area contributed by atoms with Crippen LogP contribution in [-0.2, 0) is 14.1 Å². The molecule has 0 aromatic heterocycles. The van der Waals surface area contributed by atoms with Crippen LogP contribution < -0.4 is 0 Å². The smallest absolute Gasteiger partial charge is 0.353 e. The second-order valence-electron chi connectivity index (χ2n) is 3.58. The SMILES string of the molecule is C=C(COC(C)P(=O)(O)O)C(=O)N(CC)CC. The highest BCUT2D eigenvalue weighted by atomic mass is 31.2. The number of hydrogen-bond donors (Lipinski definition) is 2. The fraction of sp³-hybridized carbons (Fsp3) is 0.700. The summed E-state index contributed by atoms with van der Waals surface area (Å²) in [6, 6.07) is 0. The second-order valence-corrected chi connectivity index (χ2v) is 5.49. The van der Waals surface area contributed by atoms with Crippen molar-refractivity contribution >= 4 is 13.5 Å². The fourth-order valence-corrected chi connectivity index (χ4v) is 1.38. The molecule has 0 aliphatic carbocycles. The van der Waals surface area contributed by atoms with Gasteiger partial charge in [-0.15, -0.1) is 0 Å². The molecular weight excluding hydrogens is 245 g/mol. The summed E-state index contributed by atoms with van der Waals surface area (Å²) in [7, 11) is -4.27. The summed E-state index contributed by atoms with van der Waals surface area (Å²) in [6.07, 6.45) is 0. The molecule has 17 heavy (non-hydrogen) atoms. The monoisotopic (exact) mass is 265 g/mol. The average Bonchev–Trinajstić information content (AvgIpc) is 2.25. The van der Waals surface area contributed by atoms with E-state index in [-0.39, 0.29) is 18.1 Å². The Kier molecular flexibility index (Phi) is 6.64. The van der Waals surface area contributed by atoms with Crippen molar-refractivity contribution in [2.24, 2.45) is 0 Å². The third-order valence-corrected chi connectivity index (χ3v) is 3.42. The molecule has 1 atom stereocenters. The van der Waals surface area contributed by atoms with Gasteiger partial charge in [0.05, 0.1) is 6.61 Å². The molecule has 0 bridgehead atoms. The van der Waals surface area contributed by atoms with Crippen LogP contribution in [0.5, 0.6) is 0 Å². The van der Waals surface area contributed by atoms with Gasteiger partial charge in [0.15, 0.2) is 5.85 Å². The van der Waals surface area contributed by atoms with E-state index in [1.165, 1.54) is 6.92 Å². The Morgan fingerprint density at radius 1 is 1.41 bits per heavy atom. The van der Waals surface area contributed by atoms with Gasteiger partial charge in [-0.2, -0.15) is 0 Å². The maximum atomic E-state index is 11.7. The lowest BCUT2D eigenvalue weighted by Gasteiger charge is -2.21. The number of carbonyl (C=O) groups is 1. The van der Waals surface area contributed by atoms with Gasteiger partial charge in [0.25, 0.3) is 5.91 Å². The van der Waals surface area contributed by atoms with E-state index in [1.807, 2.05) is 13.8 Å². The van der Waals surface area contributed by atoms with Gasteiger partial charge in [0.2, 0.25) is 0 Å². The summed E-state index contributed by atoms with van der Waals surface area (Å²) >= 11 is 0. The zero-order valence-corrected chi connectivity index (χ0v) is 11.3. The van der Waals surface area contributed by atoms with Crippen molar-refractivity contribution in [2.75, 3.05) is 19.7 Å². The van der Waals surface area contributed by atoms with Crippen molar-refractivity contribution in [1.29, 1.82) is 0 Å². The largest absolute Gasteiger partial charge is 0.361 e. The molecule has 0 fully saturated rings. The number of nitrogens with zero attached hydrogens (tertiary/aromatic N) is 1. The second kappa shape index (κ2) is 6.91. The summed E-state index contributed by atoms with van der Waals surface area (Å²) in [5.41, 5.74) is 0.189. The van der Waals surface area contributed by atoms with E-state index >= 15 is 0 Å². The molecular formula is C10H20NO5P. The van der Waals surface area contributed by atoms with E-state index in [2.05, 4.69) is 6.58 Å². The molecule has 0 rings (SSSR count). The number of carbonyl (C=O) groups excluding carboxylic acids is 1. The third-order valence-electron chi connectivity index (χ3n) is 2.33. The molecule has 100 valence electrons. The molecule has 0 saturated carbocycles. The average molecular weight is 265 g/mol. The van der Waals surface area contributed by atoms with Crippen LogP contribution in [0.4, 0.5) is 0 Å². The van der Waals surface area contributed by atoms with Gasteiger partial charge in [0.1, 0.15) is 0 Å². The molecule has 0 radical (unpaired) electrons. The zero-order valence-electron chi connectivity index (χ0n) is 10.4. The Balaban J connectivity index is 4.28. The third kappa shape index (κ3) is 5.46. The highest BCUT2D eigenvalue weighted by Gasteiger charge is 2.25. The normalized spacial score (nSPS) is 13.2. The highest BCUT2D eigenvalue weighted by Crippen LogP contribution is 2.41. The van der Waals surface area contributed by atoms with Gasteiger partial charge in [-0.3, -0.25) is 9.36 Å². The van der Waals surface area contributed by atoms with E-state index in [1.54, 1.807) is 4.90 Å². The molecule has 0 aliphatic rings. The Labute approximate surface area is 101 Å². The maximum absolute atomic E-state index is 11.7. The van der Waals surface area contributed by atoms with Crippen LogP contribution in [-0.4, -0.2) is 46.1 Å². The molecule has 0 spiro atoms. The van der Waals surface area contributed by atoms with Gasteiger partial charge in [-0.25, -0.2) is 0 Å². The molecule has 0 saturated heterocycles. The van der Waals surface area contributed by atoms with E-state index < -0.39 is 13.4 Å². The Morgan fingerprint density at radius 2 is 1.88 bits per heavy atom. The quantitative estimate of drug-likeness (QED) is 0.528. The van der Waals surface area contributed by atoms with Crippen LogP contribution in [0, 0.1) is 0 Å². The molecule has 0 aromatic rings. The van der Waals surface area contributed by atoms with Gasteiger partial charge >= 0.3 is 7.60 Å². The minimum atomic E-state index is -4.27. The van der Waals surface area contributed by atoms with Crippen LogP contribution in [0.15, 0.2) is 12.2 Å². The Bertz CT molecular complexity index is 321. The first-order chi connectivity index (χ1) is 7.73. The molecule has 1 amide bonds.